The minimum Gasteiger partial charge on any atom is -0.369 e. The molecule has 0 aliphatic carbocycles. The Morgan fingerprint density at radius 2 is 2.21 bits per heavy atom. The average Bonchev–Trinajstić information content (AvgIpc) is 2.62. The molecule has 0 radical (unpaired) electrons. The van der Waals surface area contributed by atoms with Gasteiger partial charge < -0.3 is 4.90 Å². The first-order chi connectivity index (χ1) is 9.13. The van der Waals surface area contributed by atoms with Crippen molar-refractivity contribution >= 4 is 27.3 Å². The van der Waals surface area contributed by atoms with Gasteiger partial charge in [0.25, 0.3) is 5.69 Å². The van der Waals surface area contributed by atoms with Crippen molar-refractivity contribution in [2.24, 2.45) is 0 Å². The van der Waals surface area contributed by atoms with E-state index in [0.29, 0.717) is 11.4 Å². The van der Waals surface area contributed by atoms with Crippen molar-refractivity contribution in [2.45, 2.75) is 44.0 Å². The van der Waals surface area contributed by atoms with Gasteiger partial charge in [-0.3, -0.25) is 10.1 Å². The molecule has 0 spiro atoms. The molecule has 1 fully saturated rings. The summed E-state index contributed by atoms with van der Waals surface area (Å²) < 4.78 is 0. The third-order valence-electron chi connectivity index (χ3n) is 3.79. The highest BCUT2D eigenvalue weighted by molar-refractivity contribution is 9.08. The number of nitrogens with zero attached hydrogens (tertiary/aromatic N) is 2. The number of anilines is 1. The largest absolute Gasteiger partial charge is 0.369 e. The number of halogens is 1. The molecule has 0 saturated carbocycles. The maximum atomic E-state index is 11.0. The number of nitro groups is 1. The molecule has 1 saturated heterocycles. The summed E-state index contributed by atoms with van der Waals surface area (Å²) in [5, 5.41) is 11.5. The monoisotopic (exact) mass is 326 g/mol. The third kappa shape index (κ3) is 3.26. The van der Waals surface area contributed by atoms with E-state index in [1.165, 1.54) is 25.7 Å². The second-order valence-electron chi connectivity index (χ2n) is 5.10. The Bertz CT molecular complexity index is 465. The lowest BCUT2D eigenvalue weighted by Crippen LogP contribution is -2.32. The fourth-order valence-corrected chi connectivity index (χ4v) is 3.14. The van der Waals surface area contributed by atoms with Gasteiger partial charge in [-0.2, -0.15) is 0 Å². The number of nitro benzene ring substituents is 1. The Hall–Kier alpha value is -1.10. The van der Waals surface area contributed by atoms with E-state index in [1.807, 2.05) is 12.1 Å². The predicted molar refractivity (Wildman–Crippen MR) is 81.0 cm³/mol. The smallest absolute Gasteiger partial charge is 0.273 e. The molecule has 1 heterocycles. The first kappa shape index (κ1) is 14.3. The molecular weight excluding hydrogens is 308 g/mol. The molecule has 0 N–H and O–H groups in total. The Kier molecular flexibility index (Phi) is 4.80. The Morgan fingerprint density at radius 3 is 2.89 bits per heavy atom. The second kappa shape index (κ2) is 6.37. The molecule has 0 aromatic heterocycles. The van der Waals surface area contributed by atoms with E-state index in [2.05, 4.69) is 27.8 Å². The summed E-state index contributed by atoms with van der Waals surface area (Å²) in [6, 6.07) is 5.97. The standard InChI is InChI=1S/C14H19BrN2O2/c1-11-5-3-2-4-8-16(11)13-6-7-14(17(18)19)12(9-13)10-15/h6-7,9,11H,2-5,8,10H2,1H3. The van der Waals surface area contributed by atoms with E-state index in [4.69, 9.17) is 0 Å². The first-order valence-electron chi connectivity index (χ1n) is 6.73. The number of hydrogen-bond donors (Lipinski definition) is 0. The normalized spacial score (nSPS) is 20.1. The Morgan fingerprint density at radius 1 is 1.42 bits per heavy atom. The predicted octanol–water partition coefficient (Wildman–Crippen LogP) is 4.26. The summed E-state index contributed by atoms with van der Waals surface area (Å²) in [7, 11) is 0. The van der Waals surface area contributed by atoms with E-state index in [0.717, 1.165) is 17.8 Å². The van der Waals surface area contributed by atoms with Gasteiger partial charge in [0.1, 0.15) is 0 Å². The Labute approximate surface area is 122 Å². The van der Waals surface area contributed by atoms with Crippen molar-refractivity contribution in [1.29, 1.82) is 0 Å². The molecule has 1 aromatic carbocycles. The molecular formula is C14H19BrN2O2. The third-order valence-corrected chi connectivity index (χ3v) is 4.39. The van der Waals surface area contributed by atoms with Crippen LogP contribution in [0.1, 0.15) is 38.2 Å². The molecule has 1 aromatic rings. The molecule has 1 atom stereocenters. The summed E-state index contributed by atoms with van der Waals surface area (Å²) in [5.74, 6) is 0. The zero-order valence-corrected chi connectivity index (χ0v) is 12.7. The van der Waals surface area contributed by atoms with E-state index >= 15 is 0 Å². The molecule has 5 heteroatoms. The van der Waals surface area contributed by atoms with Gasteiger partial charge in [0.2, 0.25) is 0 Å². The van der Waals surface area contributed by atoms with Crippen LogP contribution in [0, 0.1) is 10.1 Å². The van der Waals surface area contributed by atoms with Gasteiger partial charge in [-0.1, -0.05) is 28.8 Å². The molecule has 0 bridgehead atoms. The van der Waals surface area contributed by atoms with Crippen molar-refractivity contribution < 1.29 is 4.92 Å². The number of benzene rings is 1. The summed E-state index contributed by atoms with van der Waals surface area (Å²) in [6.07, 6.45) is 4.95. The minimum absolute atomic E-state index is 0.197. The molecule has 104 valence electrons. The highest BCUT2D eigenvalue weighted by atomic mass is 79.9. The molecule has 1 aliphatic rings. The second-order valence-corrected chi connectivity index (χ2v) is 5.66. The minimum atomic E-state index is -0.313. The molecule has 4 nitrogen and oxygen atoms in total. The summed E-state index contributed by atoms with van der Waals surface area (Å²) in [5.41, 5.74) is 2.05. The van der Waals surface area contributed by atoms with Crippen LogP contribution in [0.4, 0.5) is 11.4 Å². The zero-order chi connectivity index (χ0) is 13.8. The van der Waals surface area contributed by atoms with Crippen LogP contribution in [-0.4, -0.2) is 17.5 Å². The lowest BCUT2D eigenvalue weighted by Gasteiger charge is -2.29. The maximum Gasteiger partial charge on any atom is 0.273 e. The summed E-state index contributed by atoms with van der Waals surface area (Å²) in [4.78, 5) is 13.0. The van der Waals surface area contributed by atoms with Crippen molar-refractivity contribution in [3.05, 3.63) is 33.9 Å². The van der Waals surface area contributed by atoms with Crippen LogP contribution in [0.25, 0.3) is 0 Å². The van der Waals surface area contributed by atoms with Crippen molar-refractivity contribution in [3.8, 4) is 0 Å². The van der Waals surface area contributed by atoms with Crippen molar-refractivity contribution in [2.75, 3.05) is 11.4 Å². The van der Waals surface area contributed by atoms with E-state index in [9.17, 15) is 10.1 Å². The summed E-state index contributed by atoms with van der Waals surface area (Å²) in [6.45, 7) is 3.28. The zero-order valence-electron chi connectivity index (χ0n) is 11.1. The lowest BCUT2D eigenvalue weighted by atomic mass is 10.1. The highest BCUT2D eigenvalue weighted by Crippen LogP contribution is 2.30. The SMILES string of the molecule is CC1CCCCCN1c1ccc([N+](=O)[O-])c(CBr)c1. The van der Waals surface area contributed by atoms with E-state index in [-0.39, 0.29) is 10.6 Å². The molecule has 1 aliphatic heterocycles. The van der Waals surface area contributed by atoms with Crippen LogP contribution in [0.5, 0.6) is 0 Å². The molecule has 0 amide bonds. The van der Waals surface area contributed by atoms with Gasteiger partial charge in [-0.05, 0) is 31.9 Å². The van der Waals surface area contributed by atoms with Gasteiger partial charge in [-0.15, -0.1) is 0 Å². The van der Waals surface area contributed by atoms with Gasteiger partial charge >= 0.3 is 0 Å². The van der Waals surface area contributed by atoms with Gasteiger partial charge in [0.15, 0.2) is 0 Å². The fraction of sp³-hybridized carbons (Fsp3) is 0.571. The lowest BCUT2D eigenvalue weighted by molar-refractivity contribution is -0.385. The number of alkyl halides is 1. The van der Waals surface area contributed by atoms with Gasteiger partial charge in [0, 0.05) is 35.2 Å². The van der Waals surface area contributed by atoms with Crippen LogP contribution >= 0.6 is 15.9 Å². The van der Waals surface area contributed by atoms with Gasteiger partial charge in [0.05, 0.1) is 4.92 Å². The number of rotatable bonds is 3. The maximum absolute atomic E-state index is 11.0. The van der Waals surface area contributed by atoms with Crippen LogP contribution in [0.3, 0.4) is 0 Å². The van der Waals surface area contributed by atoms with E-state index in [1.54, 1.807) is 6.07 Å². The topological polar surface area (TPSA) is 46.4 Å². The van der Waals surface area contributed by atoms with Crippen LogP contribution in [-0.2, 0) is 5.33 Å². The van der Waals surface area contributed by atoms with Crippen LogP contribution in [0.2, 0.25) is 0 Å². The molecule has 1 unspecified atom stereocenters. The highest BCUT2D eigenvalue weighted by Gasteiger charge is 2.20. The first-order valence-corrected chi connectivity index (χ1v) is 7.85. The Balaban J connectivity index is 2.31. The molecule has 19 heavy (non-hydrogen) atoms. The number of hydrogen-bond acceptors (Lipinski definition) is 3. The van der Waals surface area contributed by atoms with Crippen LogP contribution < -0.4 is 4.90 Å². The molecule has 2 rings (SSSR count). The van der Waals surface area contributed by atoms with E-state index < -0.39 is 0 Å². The fourth-order valence-electron chi connectivity index (χ4n) is 2.69. The van der Waals surface area contributed by atoms with Crippen molar-refractivity contribution in [3.63, 3.8) is 0 Å². The van der Waals surface area contributed by atoms with Crippen LogP contribution in [0.15, 0.2) is 18.2 Å². The van der Waals surface area contributed by atoms with Crippen molar-refractivity contribution in [1.82, 2.24) is 0 Å². The summed E-state index contributed by atoms with van der Waals surface area (Å²) >= 11 is 3.34. The average molecular weight is 327 g/mol. The van der Waals surface area contributed by atoms with Gasteiger partial charge in [-0.25, -0.2) is 0 Å². The quantitative estimate of drug-likeness (QED) is 0.473.